The van der Waals surface area contributed by atoms with Crippen molar-refractivity contribution in [3.8, 4) is 17.2 Å². The van der Waals surface area contributed by atoms with Crippen LogP contribution in [0, 0.1) is 13.8 Å². The van der Waals surface area contributed by atoms with E-state index in [0.29, 0.717) is 50.9 Å². The molecule has 0 unspecified atom stereocenters. The Hall–Kier alpha value is -3.85. The summed E-state index contributed by atoms with van der Waals surface area (Å²) in [6, 6.07) is 11.8. The molecule has 0 aliphatic rings. The number of fused-ring (bicyclic) bond motifs is 1. The molecule has 0 fully saturated rings. The van der Waals surface area contributed by atoms with Crippen LogP contribution in [0.3, 0.4) is 0 Å². The monoisotopic (exact) mass is 495 g/mol. The average Bonchev–Trinajstić information content (AvgIpc) is 3.21. The van der Waals surface area contributed by atoms with Gasteiger partial charge in [0.25, 0.3) is 5.56 Å². The lowest BCUT2D eigenvalue weighted by atomic mass is 10.1. The molecule has 0 radical (unpaired) electrons. The Morgan fingerprint density at radius 3 is 2.40 bits per heavy atom. The number of carbonyl (C=O) groups excluding carboxylic acids is 1. The highest BCUT2D eigenvalue weighted by molar-refractivity contribution is 6.32. The number of nitrogens with zero attached hydrogens (tertiary/aromatic N) is 4. The van der Waals surface area contributed by atoms with Crippen LogP contribution in [0.15, 0.2) is 47.3 Å². The van der Waals surface area contributed by atoms with Crippen LogP contribution < -0.4 is 20.3 Å². The van der Waals surface area contributed by atoms with Crippen LogP contribution in [0.5, 0.6) is 11.5 Å². The van der Waals surface area contributed by atoms with Crippen molar-refractivity contribution in [1.82, 2.24) is 19.6 Å². The van der Waals surface area contributed by atoms with Gasteiger partial charge in [0, 0.05) is 6.07 Å². The van der Waals surface area contributed by atoms with Gasteiger partial charge in [0.2, 0.25) is 5.91 Å². The number of benzene rings is 2. The van der Waals surface area contributed by atoms with Gasteiger partial charge in [-0.1, -0.05) is 36.7 Å². The summed E-state index contributed by atoms with van der Waals surface area (Å²) in [4.78, 5) is 26.9. The lowest BCUT2D eigenvalue weighted by Gasteiger charge is -2.19. The van der Waals surface area contributed by atoms with Gasteiger partial charge in [-0.3, -0.25) is 9.59 Å². The molecule has 1 atom stereocenters. The minimum absolute atomic E-state index is 0.313. The molecule has 0 saturated heterocycles. The highest BCUT2D eigenvalue weighted by Gasteiger charge is 2.26. The summed E-state index contributed by atoms with van der Waals surface area (Å²) in [5, 5.41) is 12.6. The molecule has 0 bridgehead atoms. The van der Waals surface area contributed by atoms with Crippen LogP contribution in [0.4, 0.5) is 5.69 Å². The first-order valence-electron chi connectivity index (χ1n) is 11.1. The summed E-state index contributed by atoms with van der Waals surface area (Å²) in [5.41, 5.74) is 2.54. The van der Waals surface area contributed by atoms with Gasteiger partial charge in [-0.15, -0.1) is 0 Å². The normalized spacial score (nSPS) is 11.9. The minimum Gasteiger partial charge on any atom is -0.495 e. The van der Waals surface area contributed by atoms with Gasteiger partial charge in [-0.25, -0.2) is 9.36 Å². The molecule has 9 nitrogen and oxygen atoms in total. The molecule has 35 heavy (non-hydrogen) atoms. The minimum atomic E-state index is -0.865. The number of rotatable bonds is 7. The first-order valence-corrected chi connectivity index (χ1v) is 11.4. The van der Waals surface area contributed by atoms with Gasteiger partial charge in [0.15, 0.2) is 0 Å². The zero-order valence-corrected chi connectivity index (χ0v) is 20.9. The average molecular weight is 496 g/mol. The van der Waals surface area contributed by atoms with Crippen molar-refractivity contribution in [2.24, 2.45) is 0 Å². The molecule has 0 aliphatic heterocycles. The molecule has 4 aromatic rings. The third-order valence-corrected chi connectivity index (χ3v) is 6.15. The fourth-order valence-electron chi connectivity index (χ4n) is 4.06. The zero-order chi connectivity index (χ0) is 25.3. The number of aryl methyl sites for hydroxylation is 2. The standard InChI is InChI=1S/C25H26ClN5O4/c1-6-19(24(32)27-18-12-17(26)20(34-4)13-21(18)35-5)31-25(33)22-15(3)30(16-10-8-7-9-11-16)29-23(22)14(2)28-31/h7-13,19H,6H2,1-5H3,(H,27,32)/t19-/m1/s1. The maximum absolute atomic E-state index is 13.6. The molecule has 182 valence electrons. The third-order valence-electron chi connectivity index (χ3n) is 5.86. The van der Waals surface area contributed by atoms with E-state index in [1.165, 1.54) is 18.9 Å². The highest BCUT2D eigenvalue weighted by Crippen LogP contribution is 2.36. The molecular formula is C25H26ClN5O4. The number of anilines is 1. The Bertz CT molecular complexity index is 1460. The molecule has 1 N–H and O–H groups in total. The number of nitrogens with one attached hydrogen (secondary N) is 1. The van der Waals surface area contributed by atoms with Crippen molar-refractivity contribution in [1.29, 1.82) is 0 Å². The summed E-state index contributed by atoms with van der Waals surface area (Å²) in [6.45, 7) is 5.42. The van der Waals surface area contributed by atoms with Gasteiger partial charge in [0.05, 0.1) is 47.4 Å². The SMILES string of the molecule is CC[C@H](C(=O)Nc1cc(Cl)c(OC)cc1OC)n1nc(C)c2nn(-c3ccccc3)c(C)c2c1=O. The van der Waals surface area contributed by atoms with Crippen LogP contribution in [0.2, 0.25) is 5.02 Å². The van der Waals surface area contributed by atoms with Gasteiger partial charge >= 0.3 is 0 Å². The molecular weight excluding hydrogens is 470 g/mol. The van der Waals surface area contributed by atoms with Gasteiger partial charge in [-0.2, -0.15) is 10.2 Å². The van der Waals surface area contributed by atoms with Crippen LogP contribution >= 0.6 is 11.6 Å². The Balaban J connectivity index is 1.77. The summed E-state index contributed by atoms with van der Waals surface area (Å²) in [5.74, 6) is 0.369. The van der Waals surface area contributed by atoms with E-state index in [1.54, 1.807) is 23.7 Å². The number of amides is 1. The first-order chi connectivity index (χ1) is 16.8. The molecule has 2 heterocycles. The van der Waals surface area contributed by atoms with Gasteiger partial charge in [0.1, 0.15) is 23.1 Å². The molecule has 2 aromatic carbocycles. The largest absolute Gasteiger partial charge is 0.495 e. The van der Waals surface area contributed by atoms with Crippen molar-refractivity contribution < 1.29 is 14.3 Å². The number of methoxy groups -OCH3 is 2. The van der Waals surface area contributed by atoms with Crippen LogP contribution in [-0.4, -0.2) is 39.7 Å². The van der Waals surface area contributed by atoms with E-state index in [4.69, 9.17) is 21.1 Å². The molecule has 4 rings (SSSR count). The number of ether oxygens (including phenoxy) is 2. The van der Waals surface area contributed by atoms with Crippen LogP contribution in [-0.2, 0) is 4.79 Å². The second kappa shape index (κ2) is 9.79. The number of halogens is 1. The van der Waals surface area contributed by atoms with Gasteiger partial charge in [-0.05, 0) is 38.5 Å². The van der Waals surface area contributed by atoms with E-state index in [9.17, 15) is 9.59 Å². The summed E-state index contributed by atoms with van der Waals surface area (Å²) >= 11 is 6.25. The lowest BCUT2D eigenvalue weighted by molar-refractivity contribution is -0.119. The fourth-order valence-corrected chi connectivity index (χ4v) is 4.30. The van der Waals surface area contributed by atoms with E-state index >= 15 is 0 Å². The number of para-hydroxylation sites is 1. The van der Waals surface area contributed by atoms with Crippen LogP contribution in [0.1, 0.15) is 30.8 Å². The Kier molecular flexibility index (Phi) is 6.79. The van der Waals surface area contributed by atoms with E-state index in [2.05, 4.69) is 15.5 Å². The van der Waals surface area contributed by atoms with E-state index in [0.717, 1.165) is 5.69 Å². The van der Waals surface area contributed by atoms with Crippen molar-refractivity contribution >= 4 is 34.1 Å². The smallest absolute Gasteiger partial charge is 0.278 e. The Morgan fingerprint density at radius 2 is 1.77 bits per heavy atom. The topological polar surface area (TPSA) is 100 Å². The lowest BCUT2D eigenvalue weighted by Crippen LogP contribution is -2.35. The molecule has 2 aromatic heterocycles. The quantitative estimate of drug-likeness (QED) is 0.406. The molecule has 0 spiro atoms. The van der Waals surface area contributed by atoms with E-state index in [-0.39, 0.29) is 5.56 Å². The van der Waals surface area contributed by atoms with E-state index in [1.807, 2.05) is 44.2 Å². The molecule has 10 heteroatoms. The van der Waals surface area contributed by atoms with Crippen molar-refractivity contribution in [2.45, 2.75) is 33.2 Å². The molecule has 0 aliphatic carbocycles. The van der Waals surface area contributed by atoms with Crippen LogP contribution in [0.25, 0.3) is 16.6 Å². The number of carbonyl (C=O) groups is 1. The van der Waals surface area contributed by atoms with Gasteiger partial charge < -0.3 is 14.8 Å². The number of hydrogen-bond donors (Lipinski definition) is 1. The number of aromatic nitrogens is 4. The summed E-state index contributed by atoms with van der Waals surface area (Å²) in [6.07, 6.45) is 0.335. The maximum Gasteiger partial charge on any atom is 0.278 e. The second-order valence-corrected chi connectivity index (χ2v) is 8.40. The fraction of sp³-hybridized carbons (Fsp3) is 0.280. The van der Waals surface area contributed by atoms with Crippen molar-refractivity contribution in [3.63, 3.8) is 0 Å². The predicted octanol–water partition coefficient (Wildman–Crippen LogP) is 4.46. The zero-order valence-electron chi connectivity index (χ0n) is 20.1. The van der Waals surface area contributed by atoms with Crippen molar-refractivity contribution in [3.05, 3.63) is 69.2 Å². The Labute approximate surface area is 207 Å². The summed E-state index contributed by atoms with van der Waals surface area (Å²) in [7, 11) is 2.97. The third kappa shape index (κ3) is 4.35. The maximum atomic E-state index is 13.6. The summed E-state index contributed by atoms with van der Waals surface area (Å²) < 4.78 is 13.5. The molecule has 0 saturated carbocycles. The Morgan fingerprint density at radius 1 is 1.09 bits per heavy atom. The van der Waals surface area contributed by atoms with E-state index < -0.39 is 11.9 Å². The predicted molar refractivity (Wildman–Crippen MR) is 135 cm³/mol. The number of hydrogen-bond acceptors (Lipinski definition) is 6. The highest BCUT2D eigenvalue weighted by atomic mass is 35.5. The van der Waals surface area contributed by atoms with Crippen molar-refractivity contribution in [2.75, 3.05) is 19.5 Å². The first kappa shape index (κ1) is 24.3. The second-order valence-electron chi connectivity index (χ2n) is 7.99. The molecule has 1 amide bonds.